The maximum absolute atomic E-state index is 13.7. The zero-order valence-corrected chi connectivity index (χ0v) is 16.5. The first-order valence-corrected chi connectivity index (χ1v) is 9.03. The molecule has 18 heteroatoms. The fraction of sp³-hybridized carbons (Fsp3) is 0.938. The highest BCUT2D eigenvalue weighted by Crippen LogP contribution is 2.61. The van der Waals surface area contributed by atoms with Gasteiger partial charge in [-0.1, -0.05) is 0 Å². The van der Waals surface area contributed by atoms with E-state index in [1.54, 1.807) is 0 Å². The summed E-state index contributed by atoms with van der Waals surface area (Å²) in [5.74, 6) is -9.54. The Labute approximate surface area is 180 Å². The molecule has 0 spiro atoms. The van der Waals surface area contributed by atoms with Crippen molar-refractivity contribution in [3.8, 4) is 0 Å². The molecule has 0 aromatic rings. The van der Waals surface area contributed by atoms with Gasteiger partial charge in [0.2, 0.25) is 0 Å². The van der Waals surface area contributed by atoms with Crippen molar-refractivity contribution < 1.29 is 80.5 Å². The Morgan fingerprint density at radius 2 is 1.00 bits per heavy atom. The van der Waals surface area contributed by atoms with Crippen molar-refractivity contribution in [2.45, 2.75) is 75.2 Å². The number of aliphatic hydroxyl groups is 1. The monoisotopic (exact) mass is 540 g/mol. The standard InChI is InChI=1S/C16H15F15O3/c1-6(12(17,18)19)34-9(32)10(13(20,21)22,14(23,24)25)7-2-4-8(5-3-7)11(33,15(26,27)28)16(29,30)31/h6-8,33H,2-5H2,1H3. The van der Waals surface area contributed by atoms with Crippen LogP contribution >= 0.6 is 0 Å². The molecule has 0 bridgehead atoms. The summed E-state index contributed by atoms with van der Waals surface area (Å²) >= 11 is 0. The van der Waals surface area contributed by atoms with Crippen LogP contribution in [-0.4, -0.2) is 53.7 Å². The molecule has 3 nitrogen and oxygen atoms in total. The first kappa shape index (κ1) is 30.4. The number of esters is 1. The quantitative estimate of drug-likeness (QED) is 0.339. The summed E-state index contributed by atoms with van der Waals surface area (Å²) in [7, 11) is 0. The number of hydrogen-bond acceptors (Lipinski definition) is 3. The number of rotatable bonds is 4. The van der Waals surface area contributed by atoms with E-state index >= 15 is 0 Å². The molecular formula is C16H15F15O3. The van der Waals surface area contributed by atoms with Crippen molar-refractivity contribution in [3.63, 3.8) is 0 Å². The lowest BCUT2D eigenvalue weighted by Crippen LogP contribution is -2.64. The zero-order valence-electron chi connectivity index (χ0n) is 16.5. The van der Waals surface area contributed by atoms with Crippen LogP contribution in [0.2, 0.25) is 0 Å². The van der Waals surface area contributed by atoms with Gasteiger partial charge in [0.25, 0.3) is 11.0 Å². The predicted octanol–water partition coefficient (Wildman–Crippen LogP) is 6.25. The third-order valence-electron chi connectivity index (χ3n) is 5.76. The molecule has 1 saturated carbocycles. The number of ether oxygens (including phenoxy) is 1. The van der Waals surface area contributed by atoms with Gasteiger partial charge >= 0.3 is 36.9 Å². The Balaban J connectivity index is 3.48. The van der Waals surface area contributed by atoms with Crippen LogP contribution in [0.5, 0.6) is 0 Å². The van der Waals surface area contributed by atoms with E-state index in [0.717, 1.165) is 0 Å². The SMILES string of the molecule is CC(OC(=O)C(C1CCC(C(O)(C(F)(F)F)C(F)(F)F)CC1)(C(F)(F)F)C(F)(F)F)C(F)(F)F. The molecule has 0 saturated heterocycles. The lowest BCUT2D eigenvalue weighted by atomic mass is 9.63. The highest BCUT2D eigenvalue weighted by Gasteiger charge is 2.81. The summed E-state index contributed by atoms with van der Waals surface area (Å²) < 4.78 is 201. The average molecular weight is 540 g/mol. The first-order valence-electron chi connectivity index (χ1n) is 9.03. The minimum atomic E-state index is -6.70. The Kier molecular flexibility index (Phi) is 7.87. The molecule has 1 N–H and O–H groups in total. The summed E-state index contributed by atoms with van der Waals surface area (Å²) in [5, 5.41) is 9.32. The van der Waals surface area contributed by atoms with Gasteiger partial charge in [0, 0.05) is 5.92 Å². The lowest BCUT2D eigenvalue weighted by molar-refractivity contribution is -0.390. The molecule has 0 radical (unpaired) electrons. The van der Waals surface area contributed by atoms with Gasteiger partial charge < -0.3 is 9.84 Å². The maximum Gasteiger partial charge on any atom is 0.426 e. The molecule has 202 valence electrons. The summed E-state index contributed by atoms with van der Waals surface area (Å²) in [4.78, 5) is 11.9. The van der Waals surface area contributed by atoms with E-state index in [1.165, 1.54) is 0 Å². The number of alkyl halides is 15. The van der Waals surface area contributed by atoms with E-state index in [9.17, 15) is 75.8 Å². The van der Waals surface area contributed by atoms with Crippen molar-refractivity contribution in [2.24, 2.45) is 17.3 Å². The second-order valence-electron chi connectivity index (χ2n) is 7.70. The third-order valence-corrected chi connectivity index (χ3v) is 5.76. The smallest absolute Gasteiger partial charge is 0.426 e. The van der Waals surface area contributed by atoms with E-state index < -0.39 is 91.5 Å². The molecule has 0 aromatic carbocycles. The van der Waals surface area contributed by atoms with Crippen LogP contribution < -0.4 is 0 Å². The predicted molar refractivity (Wildman–Crippen MR) is 78.7 cm³/mol. The Morgan fingerprint density at radius 3 is 1.26 bits per heavy atom. The van der Waals surface area contributed by atoms with E-state index in [2.05, 4.69) is 4.74 Å². The van der Waals surface area contributed by atoms with Gasteiger partial charge in [0.05, 0.1) is 0 Å². The second kappa shape index (κ2) is 8.80. The summed E-state index contributed by atoms with van der Waals surface area (Å²) in [6, 6.07) is 0. The molecule has 1 aliphatic carbocycles. The lowest BCUT2D eigenvalue weighted by Gasteiger charge is -2.46. The van der Waals surface area contributed by atoms with Crippen LogP contribution in [-0.2, 0) is 9.53 Å². The van der Waals surface area contributed by atoms with Gasteiger partial charge in [0.1, 0.15) is 0 Å². The van der Waals surface area contributed by atoms with Crippen molar-refractivity contribution in [1.82, 2.24) is 0 Å². The third kappa shape index (κ3) is 5.01. The topological polar surface area (TPSA) is 46.5 Å². The molecule has 0 aromatic heterocycles. The number of carbonyl (C=O) groups excluding carboxylic acids is 1. The molecule has 1 aliphatic rings. The van der Waals surface area contributed by atoms with E-state index in [0.29, 0.717) is 0 Å². The number of halogens is 15. The van der Waals surface area contributed by atoms with Gasteiger partial charge in [-0.3, -0.25) is 4.79 Å². The van der Waals surface area contributed by atoms with Gasteiger partial charge in [-0.25, -0.2) is 0 Å². The zero-order chi connectivity index (χ0) is 27.3. The highest BCUT2D eigenvalue weighted by atomic mass is 19.4. The number of hydrogen-bond donors (Lipinski definition) is 1. The molecule has 1 atom stereocenters. The minimum Gasteiger partial charge on any atom is -0.452 e. The summed E-state index contributed by atoms with van der Waals surface area (Å²) in [6.45, 7) is -0.0842. The van der Waals surface area contributed by atoms with Crippen LogP contribution in [0, 0.1) is 17.3 Å². The Morgan fingerprint density at radius 1 is 0.676 bits per heavy atom. The molecule has 0 amide bonds. The van der Waals surface area contributed by atoms with Gasteiger partial charge in [0.15, 0.2) is 6.10 Å². The van der Waals surface area contributed by atoms with Crippen molar-refractivity contribution in [2.75, 3.05) is 0 Å². The average Bonchev–Trinajstić information content (AvgIpc) is 2.56. The molecular weight excluding hydrogens is 525 g/mol. The fourth-order valence-corrected chi connectivity index (χ4v) is 3.91. The van der Waals surface area contributed by atoms with Gasteiger partial charge in [-0.15, -0.1) is 0 Å². The van der Waals surface area contributed by atoms with E-state index in [-0.39, 0.29) is 6.92 Å². The normalized spacial score (nSPS) is 23.0. The molecule has 34 heavy (non-hydrogen) atoms. The fourth-order valence-electron chi connectivity index (χ4n) is 3.91. The van der Waals surface area contributed by atoms with Crippen molar-refractivity contribution in [3.05, 3.63) is 0 Å². The van der Waals surface area contributed by atoms with Crippen LogP contribution in [0.1, 0.15) is 32.6 Å². The first-order chi connectivity index (χ1) is 14.8. The summed E-state index contributed by atoms with van der Waals surface area (Å²) in [6.07, 6.45) is -42.3. The van der Waals surface area contributed by atoms with E-state index in [4.69, 9.17) is 0 Å². The molecule has 0 aliphatic heterocycles. The highest BCUT2D eigenvalue weighted by molar-refractivity contribution is 5.79. The van der Waals surface area contributed by atoms with Crippen molar-refractivity contribution in [1.29, 1.82) is 0 Å². The largest absolute Gasteiger partial charge is 0.452 e. The van der Waals surface area contributed by atoms with E-state index in [1.807, 2.05) is 0 Å². The van der Waals surface area contributed by atoms with Crippen LogP contribution in [0.25, 0.3) is 0 Å². The summed E-state index contributed by atoms with van der Waals surface area (Å²) in [5.41, 5.74) is -11.2. The minimum absolute atomic E-state index is 0.0842. The second-order valence-corrected chi connectivity index (χ2v) is 7.70. The van der Waals surface area contributed by atoms with Crippen LogP contribution in [0.15, 0.2) is 0 Å². The van der Waals surface area contributed by atoms with Crippen LogP contribution in [0.4, 0.5) is 65.9 Å². The van der Waals surface area contributed by atoms with Gasteiger partial charge in [-0.05, 0) is 38.5 Å². The molecule has 1 fully saturated rings. The maximum atomic E-state index is 13.7. The molecule has 0 heterocycles. The Hall–Kier alpha value is -1.62. The molecule has 1 rings (SSSR count). The van der Waals surface area contributed by atoms with Gasteiger partial charge in [-0.2, -0.15) is 65.9 Å². The van der Waals surface area contributed by atoms with Crippen LogP contribution in [0.3, 0.4) is 0 Å². The number of carbonyl (C=O) groups is 1. The molecule has 1 unspecified atom stereocenters. The Bertz CT molecular complexity index is 692. The van der Waals surface area contributed by atoms with Crippen molar-refractivity contribution >= 4 is 5.97 Å².